The Hall–Kier alpha value is -3.39. The van der Waals surface area contributed by atoms with Gasteiger partial charge >= 0.3 is 5.97 Å². The molecule has 2 aromatic carbocycles. The van der Waals surface area contributed by atoms with E-state index in [1.165, 1.54) is 5.56 Å². The maximum atomic E-state index is 13.6. The highest BCUT2D eigenvalue weighted by molar-refractivity contribution is 6.04. The van der Waals surface area contributed by atoms with Crippen molar-refractivity contribution in [2.24, 2.45) is 11.0 Å². The zero-order valence-corrected chi connectivity index (χ0v) is 21.2. The van der Waals surface area contributed by atoms with Crippen LogP contribution in [0.15, 0.2) is 41.5 Å². The molecule has 1 fully saturated rings. The molecule has 3 aliphatic rings. The third kappa shape index (κ3) is 4.95. The number of hydrazone groups is 1. The van der Waals surface area contributed by atoms with Crippen LogP contribution in [0.2, 0.25) is 0 Å². The van der Waals surface area contributed by atoms with E-state index in [1.807, 2.05) is 25.1 Å². The van der Waals surface area contributed by atoms with E-state index in [4.69, 9.17) is 19.3 Å². The molecule has 5 rings (SSSR count). The summed E-state index contributed by atoms with van der Waals surface area (Å²) in [5.41, 5.74) is 5.29. The molecule has 3 heterocycles. The van der Waals surface area contributed by atoms with Crippen LogP contribution in [0.4, 0.5) is 0 Å². The lowest BCUT2D eigenvalue weighted by Gasteiger charge is -2.32. The average Bonchev–Trinajstić information content (AvgIpc) is 3.51. The number of benzene rings is 2. The molecule has 8 nitrogen and oxygen atoms in total. The van der Waals surface area contributed by atoms with Crippen molar-refractivity contribution in [1.29, 1.82) is 0 Å². The van der Waals surface area contributed by atoms with Gasteiger partial charge in [-0.25, -0.2) is 5.01 Å². The molecular weight excluding hydrogens is 458 g/mol. The standard InChI is InChI=1S/C28H33N3O5/c1-4-34-28(33)20-9-11-30(12-10-20)16-27(32)31-24(21-6-8-25-26(14-21)36-17-35-25)15-23(29-31)22-7-5-18(2)13-19(22)3/h5-8,13-14,20,24H,4,9-12,15-17H2,1-3H3/t24-/m1/s1. The van der Waals surface area contributed by atoms with Crippen molar-refractivity contribution in [1.82, 2.24) is 9.91 Å². The Morgan fingerprint density at radius 3 is 2.58 bits per heavy atom. The maximum Gasteiger partial charge on any atom is 0.309 e. The maximum absolute atomic E-state index is 13.6. The van der Waals surface area contributed by atoms with Crippen LogP contribution in [0, 0.1) is 19.8 Å². The predicted octanol–water partition coefficient (Wildman–Crippen LogP) is 3.98. The van der Waals surface area contributed by atoms with Gasteiger partial charge in [-0.3, -0.25) is 14.5 Å². The smallest absolute Gasteiger partial charge is 0.309 e. The highest BCUT2D eigenvalue weighted by Crippen LogP contribution is 2.39. The highest BCUT2D eigenvalue weighted by Gasteiger charge is 2.36. The number of carbonyl (C=O) groups is 2. The fraction of sp³-hybridized carbons (Fsp3) is 0.464. The van der Waals surface area contributed by atoms with Gasteiger partial charge in [0, 0.05) is 12.0 Å². The minimum Gasteiger partial charge on any atom is -0.466 e. The Bertz CT molecular complexity index is 1190. The van der Waals surface area contributed by atoms with E-state index < -0.39 is 0 Å². The molecule has 0 spiro atoms. The third-order valence-corrected chi connectivity index (χ3v) is 7.21. The van der Waals surface area contributed by atoms with E-state index >= 15 is 0 Å². The second-order valence-corrected chi connectivity index (χ2v) is 9.74. The van der Waals surface area contributed by atoms with Crippen molar-refractivity contribution in [3.05, 3.63) is 58.7 Å². The molecule has 0 unspecified atom stereocenters. The first-order valence-electron chi connectivity index (χ1n) is 12.7. The first kappa shape index (κ1) is 24.3. The van der Waals surface area contributed by atoms with Crippen LogP contribution in [0.25, 0.3) is 0 Å². The summed E-state index contributed by atoms with van der Waals surface area (Å²) in [6.07, 6.45) is 2.03. The number of carbonyl (C=O) groups excluding carboxylic acids is 2. The normalized spacial score (nSPS) is 19.9. The first-order valence-corrected chi connectivity index (χ1v) is 12.7. The van der Waals surface area contributed by atoms with Crippen molar-refractivity contribution in [2.45, 2.75) is 46.1 Å². The Labute approximate surface area is 211 Å². The minimum atomic E-state index is -0.222. The second-order valence-electron chi connectivity index (χ2n) is 9.74. The first-order chi connectivity index (χ1) is 17.4. The van der Waals surface area contributed by atoms with Crippen LogP contribution in [-0.4, -0.2) is 60.5 Å². The third-order valence-electron chi connectivity index (χ3n) is 7.21. The number of piperidine rings is 1. The molecule has 36 heavy (non-hydrogen) atoms. The molecule has 0 saturated carbocycles. The second kappa shape index (κ2) is 10.3. The van der Waals surface area contributed by atoms with Crippen LogP contribution in [-0.2, 0) is 14.3 Å². The predicted molar refractivity (Wildman–Crippen MR) is 135 cm³/mol. The SMILES string of the molecule is CCOC(=O)C1CCN(CC(=O)N2N=C(c3ccc(C)cc3C)C[C@@H]2c2ccc3c(c2)OCO3)CC1. The summed E-state index contributed by atoms with van der Waals surface area (Å²) >= 11 is 0. The number of likely N-dealkylation sites (tertiary alicyclic amines) is 1. The van der Waals surface area contributed by atoms with Gasteiger partial charge in [-0.1, -0.05) is 29.8 Å². The van der Waals surface area contributed by atoms with E-state index in [0.29, 0.717) is 44.7 Å². The quantitative estimate of drug-likeness (QED) is 0.569. The number of hydrogen-bond acceptors (Lipinski definition) is 7. The van der Waals surface area contributed by atoms with E-state index in [9.17, 15) is 9.59 Å². The van der Waals surface area contributed by atoms with Gasteiger partial charge < -0.3 is 14.2 Å². The molecule has 2 aromatic rings. The van der Waals surface area contributed by atoms with Gasteiger partial charge in [0.05, 0.1) is 30.8 Å². The lowest BCUT2D eigenvalue weighted by Crippen LogP contribution is -2.43. The topological polar surface area (TPSA) is 80.7 Å². The Kier molecular flexibility index (Phi) is 6.96. The average molecular weight is 492 g/mol. The van der Waals surface area contributed by atoms with Crippen LogP contribution >= 0.6 is 0 Å². The fourth-order valence-electron chi connectivity index (χ4n) is 5.27. The van der Waals surface area contributed by atoms with Gasteiger partial charge in [0.25, 0.3) is 5.91 Å². The van der Waals surface area contributed by atoms with E-state index in [1.54, 1.807) is 5.01 Å². The number of amides is 1. The van der Waals surface area contributed by atoms with Gasteiger partial charge in [-0.05, 0) is 70.0 Å². The van der Waals surface area contributed by atoms with Crippen LogP contribution in [0.5, 0.6) is 11.5 Å². The molecule has 190 valence electrons. The lowest BCUT2D eigenvalue weighted by molar-refractivity contribution is -0.149. The number of rotatable bonds is 6. The molecule has 1 saturated heterocycles. The molecule has 3 aliphatic heterocycles. The number of fused-ring (bicyclic) bond motifs is 1. The molecular formula is C28H33N3O5. The Morgan fingerprint density at radius 1 is 1.06 bits per heavy atom. The van der Waals surface area contributed by atoms with Crippen LogP contribution in [0.1, 0.15) is 54.5 Å². The molecule has 8 heteroatoms. The minimum absolute atomic E-state index is 0.0491. The zero-order valence-electron chi connectivity index (χ0n) is 21.2. The van der Waals surface area contributed by atoms with Gasteiger partial charge in [0.1, 0.15) is 0 Å². The number of hydrogen-bond donors (Lipinski definition) is 0. The van der Waals surface area contributed by atoms with E-state index in [-0.39, 0.29) is 37.2 Å². The molecule has 0 radical (unpaired) electrons. The van der Waals surface area contributed by atoms with E-state index in [2.05, 4.69) is 36.9 Å². The Morgan fingerprint density at radius 2 is 1.83 bits per heavy atom. The van der Waals surface area contributed by atoms with Crippen LogP contribution in [0.3, 0.4) is 0 Å². The Balaban J connectivity index is 1.35. The zero-order chi connectivity index (χ0) is 25.2. The monoisotopic (exact) mass is 491 g/mol. The van der Waals surface area contributed by atoms with Gasteiger partial charge in [-0.15, -0.1) is 0 Å². The molecule has 0 bridgehead atoms. The summed E-state index contributed by atoms with van der Waals surface area (Å²) in [7, 11) is 0. The van der Waals surface area contributed by atoms with E-state index in [0.717, 1.165) is 28.2 Å². The van der Waals surface area contributed by atoms with Gasteiger partial charge in [0.2, 0.25) is 6.79 Å². The number of esters is 1. The summed E-state index contributed by atoms with van der Waals surface area (Å²) in [5.74, 6) is 1.15. The van der Waals surface area contributed by atoms with Crippen molar-refractivity contribution in [3.8, 4) is 11.5 Å². The molecule has 0 N–H and O–H groups in total. The van der Waals surface area contributed by atoms with Crippen molar-refractivity contribution in [3.63, 3.8) is 0 Å². The van der Waals surface area contributed by atoms with Crippen LogP contribution < -0.4 is 9.47 Å². The van der Waals surface area contributed by atoms with Gasteiger partial charge in [0.15, 0.2) is 11.5 Å². The van der Waals surface area contributed by atoms with Gasteiger partial charge in [-0.2, -0.15) is 5.10 Å². The highest BCUT2D eigenvalue weighted by atomic mass is 16.7. The largest absolute Gasteiger partial charge is 0.466 e. The van der Waals surface area contributed by atoms with Crippen molar-refractivity contribution >= 4 is 17.6 Å². The summed E-state index contributed by atoms with van der Waals surface area (Å²) in [6, 6.07) is 11.9. The van der Waals surface area contributed by atoms with Crippen molar-refractivity contribution < 1.29 is 23.8 Å². The molecule has 1 amide bonds. The molecule has 0 aromatic heterocycles. The number of ether oxygens (including phenoxy) is 3. The fourth-order valence-corrected chi connectivity index (χ4v) is 5.27. The summed E-state index contributed by atoms with van der Waals surface area (Å²) < 4.78 is 16.3. The number of aryl methyl sites for hydroxylation is 2. The lowest BCUT2D eigenvalue weighted by atomic mass is 9.95. The molecule has 1 atom stereocenters. The molecule has 0 aliphatic carbocycles. The summed E-state index contributed by atoms with van der Waals surface area (Å²) in [4.78, 5) is 27.8. The van der Waals surface area contributed by atoms with Crippen molar-refractivity contribution in [2.75, 3.05) is 33.0 Å². The number of nitrogens with zero attached hydrogens (tertiary/aromatic N) is 3. The summed E-state index contributed by atoms with van der Waals surface area (Å²) in [5, 5.41) is 6.50. The summed E-state index contributed by atoms with van der Waals surface area (Å²) in [6.45, 7) is 8.22.